The van der Waals surface area contributed by atoms with Gasteiger partial charge in [-0.25, -0.2) is 4.79 Å². The maximum Gasteiger partial charge on any atom is 0.336 e. The van der Waals surface area contributed by atoms with Crippen molar-refractivity contribution in [3.63, 3.8) is 0 Å². The molecule has 142 valence electrons. The minimum Gasteiger partial charge on any atom is -0.423 e. The normalized spacial score (nSPS) is 10.9. The molecule has 1 heterocycles. The standard InChI is InChI=1S/C21H30N2O2S/c1-4-6-8-12-23(13-9-7-5-2)21(26)22-17-10-11-18-16(3)14-20(24)25-19(18)15-17/h10-11,14-15H,4-9,12-13H2,1-3H3,(H,22,26). The zero-order valence-electron chi connectivity index (χ0n) is 16.1. The van der Waals surface area contributed by atoms with Crippen LogP contribution in [-0.2, 0) is 0 Å². The number of rotatable bonds is 9. The summed E-state index contributed by atoms with van der Waals surface area (Å²) in [6.07, 6.45) is 7.13. The van der Waals surface area contributed by atoms with Crippen LogP contribution < -0.4 is 10.9 Å². The summed E-state index contributed by atoms with van der Waals surface area (Å²) in [7, 11) is 0. The second-order valence-corrected chi connectivity index (χ2v) is 7.18. The Morgan fingerprint density at radius 2 is 1.73 bits per heavy atom. The highest BCUT2D eigenvalue weighted by atomic mass is 32.1. The molecule has 26 heavy (non-hydrogen) atoms. The smallest absolute Gasteiger partial charge is 0.336 e. The van der Waals surface area contributed by atoms with Crippen LogP contribution in [0.25, 0.3) is 11.0 Å². The Kier molecular flexibility index (Phi) is 8.10. The molecule has 5 heteroatoms. The molecule has 0 amide bonds. The van der Waals surface area contributed by atoms with E-state index in [1.54, 1.807) is 0 Å². The van der Waals surface area contributed by atoms with Crippen LogP contribution in [0.3, 0.4) is 0 Å². The molecule has 4 nitrogen and oxygen atoms in total. The fourth-order valence-electron chi connectivity index (χ4n) is 3.03. The van der Waals surface area contributed by atoms with Crippen LogP contribution in [0.1, 0.15) is 57.9 Å². The van der Waals surface area contributed by atoms with Crippen LogP contribution in [0.2, 0.25) is 0 Å². The van der Waals surface area contributed by atoms with Gasteiger partial charge in [0, 0.05) is 36.3 Å². The van der Waals surface area contributed by atoms with Crippen LogP contribution in [-0.4, -0.2) is 23.1 Å². The number of fused-ring (bicyclic) bond motifs is 1. The third kappa shape index (κ3) is 5.84. The van der Waals surface area contributed by atoms with E-state index >= 15 is 0 Å². The lowest BCUT2D eigenvalue weighted by Gasteiger charge is -2.26. The molecule has 0 saturated heterocycles. The van der Waals surface area contributed by atoms with Crippen molar-refractivity contribution in [1.82, 2.24) is 4.90 Å². The average molecular weight is 375 g/mol. The first-order chi connectivity index (χ1) is 12.5. The van der Waals surface area contributed by atoms with Gasteiger partial charge in [0.1, 0.15) is 5.58 Å². The van der Waals surface area contributed by atoms with E-state index in [9.17, 15) is 4.79 Å². The molecular formula is C21H30N2O2S. The molecule has 2 rings (SSSR count). The topological polar surface area (TPSA) is 45.5 Å². The van der Waals surface area contributed by atoms with Crippen LogP contribution in [0.4, 0.5) is 5.69 Å². The third-order valence-electron chi connectivity index (χ3n) is 4.55. The van der Waals surface area contributed by atoms with Gasteiger partial charge in [-0.05, 0) is 49.7 Å². The van der Waals surface area contributed by atoms with Gasteiger partial charge in [-0.1, -0.05) is 39.5 Å². The Labute approximate surface area is 161 Å². The lowest BCUT2D eigenvalue weighted by atomic mass is 10.1. The van der Waals surface area contributed by atoms with Crippen molar-refractivity contribution in [1.29, 1.82) is 0 Å². The van der Waals surface area contributed by atoms with Crippen LogP contribution in [0, 0.1) is 6.92 Å². The van der Waals surface area contributed by atoms with Crippen molar-refractivity contribution in [2.24, 2.45) is 0 Å². The van der Waals surface area contributed by atoms with E-state index in [1.807, 2.05) is 25.1 Å². The van der Waals surface area contributed by atoms with E-state index in [0.29, 0.717) is 5.58 Å². The highest BCUT2D eigenvalue weighted by molar-refractivity contribution is 7.80. The highest BCUT2D eigenvalue weighted by Gasteiger charge is 2.10. The van der Waals surface area contributed by atoms with Crippen molar-refractivity contribution in [3.05, 3.63) is 40.2 Å². The minimum atomic E-state index is -0.324. The molecule has 0 fully saturated rings. The first-order valence-electron chi connectivity index (χ1n) is 9.65. The van der Waals surface area contributed by atoms with E-state index in [2.05, 4.69) is 24.1 Å². The van der Waals surface area contributed by atoms with Gasteiger partial charge in [-0.2, -0.15) is 0 Å². The summed E-state index contributed by atoms with van der Waals surface area (Å²) in [5.41, 5.74) is 2.04. The predicted molar refractivity (Wildman–Crippen MR) is 114 cm³/mol. The Bertz CT molecular complexity index is 775. The molecule has 0 radical (unpaired) electrons. The lowest BCUT2D eigenvalue weighted by molar-refractivity contribution is 0.395. The van der Waals surface area contributed by atoms with Gasteiger partial charge in [0.15, 0.2) is 5.11 Å². The summed E-state index contributed by atoms with van der Waals surface area (Å²) in [5.74, 6) is 0. The molecule has 0 unspecified atom stereocenters. The van der Waals surface area contributed by atoms with Crippen LogP contribution in [0.5, 0.6) is 0 Å². The molecule has 0 aliphatic heterocycles. The molecule has 1 aromatic carbocycles. The number of hydrogen-bond acceptors (Lipinski definition) is 3. The molecule has 1 N–H and O–H groups in total. The first kappa shape index (κ1) is 20.4. The van der Waals surface area contributed by atoms with Gasteiger partial charge in [0.25, 0.3) is 0 Å². The Hall–Kier alpha value is -1.88. The van der Waals surface area contributed by atoms with E-state index in [0.717, 1.165) is 47.7 Å². The van der Waals surface area contributed by atoms with Crippen molar-refractivity contribution < 1.29 is 4.42 Å². The molecule has 0 aliphatic rings. The fraction of sp³-hybridized carbons (Fsp3) is 0.524. The summed E-state index contributed by atoms with van der Waals surface area (Å²) in [4.78, 5) is 13.9. The number of unbranched alkanes of at least 4 members (excludes halogenated alkanes) is 4. The van der Waals surface area contributed by atoms with Crippen LogP contribution in [0.15, 0.2) is 33.5 Å². The summed E-state index contributed by atoms with van der Waals surface area (Å²) in [6, 6.07) is 7.32. The molecule has 0 saturated carbocycles. The van der Waals surface area contributed by atoms with Crippen molar-refractivity contribution in [3.8, 4) is 0 Å². The van der Waals surface area contributed by atoms with Crippen molar-refractivity contribution in [2.45, 2.75) is 59.3 Å². The van der Waals surface area contributed by atoms with Gasteiger partial charge >= 0.3 is 5.63 Å². The number of hydrogen-bond donors (Lipinski definition) is 1. The molecule has 0 spiro atoms. The number of aryl methyl sites for hydroxylation is 1. The monoisotopic (exact) mass is 374 g/mol. The summed E-state index contributed by atoms with van der Waals surface area (Å²) in [6.45, 7) is 8.29. The quantitative estimate of drug-likeness (QED) is 0.358. The van der Waals surface area contributed by atoms with Gasteiger partial charge in [0.2, 0.25) is 0 Å². The third-order valence-corrected chi connectivity index (χ3v) is 4.91. The molecular weight excluding hydrogens is 344 g/mol. The SMILES string of the molecule is CCCCCN(CCCCC)C(=S)Nc1ccc2c(C)cc(=O)oc2c1. The number of thiocarbonyl (C=S) groups is 1. The molecule has 2 aromatic rings. The van der Waals surface area contributed by atoms with E-state index in [-0.39, 0.29) is 5.63 Å². The zero-order chi connectivity index (χ0) is 18.9. The van der Waals surface area contributed by atoms with Gasteiger partial charge in [-0.3, -0.25) is 0 Å². The summed E-state index contributed by atoms with van der Waals surface area (Å²) >= 11 is 5.65. The average Bonchev–Trinajstić information content (AvgIpc) is 2.60. The summed E-state index contributed by atoms with van der Waals surface area (Å²) in [5, 5.41) is 5.01. The zero-order valence-corrected chi connectivity index (χ0v) is 17.0. The van der Waals surface area contributed by atoms with Gasteiger partial charge in [0.05, 0.1) is 0 Å². The number of benzene rings is 1. The number of nitrogens with one attached hydrogen (secondary N) is 1. The second kappa shape index (κ2) is 10.3. The van der Waals surface area contributed by atoms with Crippen molar-refractivity contribution in [2.75, 3.05) is 18.4 Å². The van der Waals surface area contributed by atoms with E-state index in [1.165, 1.54) is 31.7 Å². The highest BCUT2D eigenvalue weighted by Crippen LogP contribution is 2.21. The Balaban J connectivity index is 2.10. The molecule has 0 bridgehead atoms. The summed E-state index contributed by atoms with van der Waals surface area (Å²) < 4.78 is 5.33. The van der Waals surface area contributed by atoms with Crippen LogP contribution >= 0.6 is 12.2 Å². The van der Waals surface area contributed by atoms with Gasteiger partial charge < -0.3 is 14.6 Å². The van der Waals surface area contributed by atoms with E-state index < -0.39 is 0 Å². The molecule has 0 atom stereocenters. The maximum absolute atomic E-state index is 11.6. The first-order valence-corrected chi connectivity index (χ1v) is 10.1. The largest absolute Gasteiger partial charge is 0.423 e. The van der Waals surface area contributed by atoms with Gasteiger partial charge in [-0.15, -0.1) is 0 Å². The second-order valence-electron chi connectivity index (χ2n) is 6.79. The lowest BCUT2D eigenvalue weighted by Crippen LogP contribution is -2.36. The fourth-order valence-corrected chi connectivity index (χ4v) is 3.33. The molecule has 0 aliphatic carbocycles. The minimum absolute atomic E-state index is 0.324. The van der Waals surface area contributed by atoms with Crippen molar-refractivity contribution >= 4 is 34.0 Å². The Morgan fingerprint density at radius 3 is 2.35 bits per heavy atom. The van der Waals surface area contributed by atoms with E-state index in [4.69, 9.17) is 16.6 Å². The number of nitrogens with zero attached hydrogens (tertiary/aromatic N) is 1. The number of anilines is 1. The molecule has 1 aromatic heterocycles. The maximum atomic E-state index is 11.6. The Morgan fingerprint density at radius 1 is 1.08 bits per heavy atom. The predicted octanol–water partition coefficient (Wildman–Crippen LogP) is 5.48.